The van der Waals surface area contributed by atoms with Crippen molar-refractivity contribution in [2.24, 2.45) is 5.92 Å². The summed E-state index contributed by atoms with van der Waals surface area (Å²) in [5.41, 5.74) is 2.01. The van der Waals surface area contributed by atoms with Gasteiger partial charge in [-0.2, -0.15) is 0 Å². The largest absolute Gasteiger partial charge is 0.497 e. The van der Waals surface area contributed by atoms with Crippen molar-refractivity contribution in [3.63, 3.8) is 0 Å². The number of nitrogens with zero attached hydrogens (tertiary/aromatic N) is 1. The molecule has 3 atom stereocenters. The van der Waals surface area contributed by atoms with Crippen LogP contribution in [0.3, 0.4) is 0 Å². The number of benzene rings is 2. The minimum atomic E-state index is -0.922. The number of aliphatic hydroxyl groups is 1. The Morgan fingerprint density at radius 3 is 2.55 bits per heavy atom. The Bertz CT molecular complexity index is 854. The van der Waals surface area contributed by atoms with Crippen molar-refractivity contribution in [2.45, 2.75) is 38.5 Å². The van der Waals surface area contributed by atoms with E-state index in [2.05, 4.69) is 0 Å². The molecule has 0 spiro atoms. The van der Waals surface area contributed by atoms with E-state index in [1.807, 2.05) is 54.6 Å². The minimum Gasteiger partial charge on any atom is -0.497 e. The summed E-state index contributed by atoms with van der Waals surface area (Å²) in [6.07, 6.45) is -0.767. The van der Waals surface area contributed by atoms with Crippen LogP contribution in [0.4, 0.5) is 4.79 Å². The number of imide groups is 1. The molecular weight excluding hydrogens is 398 g/mol. The maximum atomic E-state index is 12.9. The third-order valence-corrected chi connectivity index (χ3v) is 5.47. The highest BCUT2D eigenvalue weighted by Gasteiger charge is 2.41. The third-order valence-electron chi connectivity index (χ3n) is 5.47. The van der Waals surface area contributed by atoms with Gasteiger partial charge in [-0.15, -0.1) is 0 Å². The molecule has 2 aromatic carbocycles. The number of hydrogen-bond acceptors (Lipinski definition) is 6. The van der Waals surface area contributed by atoms with E-state index in [0.29, 0.717) is 19.6 Å². The van der Waals surface area contributed by atoms with Gasteiger partial charge in [0.15, 0.2) is 0 Å². The van der Waals surface area contributed by atoms with E-state index in [1.165, 1.54) is 0 Å². The number of hydrogen-bond donors (Lipinski definition) is 1. The Hall–Kier alpha value is -2.90. The molecule has 0 bridgehead atoms. The molecule has 0 radical (unpaired) electrons. The molecule has 7 nitrogen and oxygen atoms in total. The predicted octanol–water partition coefficient (Wildman–Crippen LogP) is 3.19. The van der Waals surface area contributed by atoms with Crippen LogP contribution in [-0.2, 0) is 27.3 Å². The molecule has 2 amide bonds. The average molecular weight is 427 g/mol. The fourth-order valence-electron chi connectivity index (χ4n) is 3.52. The summed E-state index contributed by atoms with van der Waals surface area (Å²) in [6, 6.07) is 16.8. The zero-order chi connectivity index (χ0) is 22.2. The van der Waals surface area contributed by atoms with Gasteiger partial charge in [-0.25, -0.2) is 9.69 Å². The molecule has 1 saturated heterocycles. The van der Waals surface area contributed by atoms with Crippen molar-refractivity contribution in [1.82, 2.24) is 4.90 Å². The highest BCUT2D eigenvalue weighted by molar-refractivity contribution is 5.94. The average Bonchev–Trinajstić information content (AvgIpc) is 3.16. The molecule has 1 aliphatic heterocycles. The van der Waals surface area contributed by atoms with Gasteiger partial charge in [0.05, 0.1) is 31.8 Å². The topological polar surface area (TPSA) is 85.3 Å². The maximum absolute atomic E-state index is 12.9. The van der Waals surface area contributed by atoms with Gasteiger partial charge in [0.2, 0.25) is 5.91 Å². The van der Waals surface area contributed by atoms with Crippen LogP contribution < -0.4 is 4.74 Å². The second kappa shape index (κ2) is 10.9. The summed E-state index contributed by atoms with van der Waals surface area (Å²) < 4.78 is 15.9. The maximum Gasteiger partial charge on any atom is 0.416 e. The molecule has 0 aromatic heterocycles. The quantitative estimate of drug-likeness (QED) is 0.586. The zero-order valence-corrected chi connectivity index (χ0v) is 17.9. The first-order chi connectivity index (χ1) is 15.0. The summed E-state index contributed by atoms with van der Waals surface area (Å²) >= 11 is 0. The van der Waals surface area contributed by atoms with Crippen molar-refractivity contribution in [3.8, 4) is 5.75 Å². The molecular formula is C24H29NO6. The molecule has 2 aromatic rings. The second-order valence-corrected chi connectivity index (χ2v) is 7.67. The number of amides is 2. The van der Waals surface area contributed by atoms with Gasteiger partial charge < -0.3 is 19.3 Å². The van der Waals surface area contributed by atoms with E-state index < -0.39 is 24.0 Å². The Kier molecular flexibility index (Phi) is 8.03. The normalized spacial score (nSPS) is 17.8. The highest BCUT2D eigenvalue weighted by atomic mass is 16.6. The second-order valence-electron chi connectivity index (χ2n) is 7.67. The molecule has 0 unspecified atom stereocenters. The van der Waals surface area contributed by atoms with Crippen LogP contribution in [0.1, 0.15) is 24.5 Å². The molecule has 166 valence electrons. The van der Waals surface area contributed by atoms with Crippen molar-refractivity contribution >= 4 is 12.0 Å². The van der Waals surface area contributed by atoms with Crippen LogP contribution in [0.15, 0.2) is 54.6 Å². The fraction of sp³-hybridized carbons (Fsp3) is 0.417. The Morgan fingerprint density at radius 2 is 1.87 bits per heavy atom. The minimum absolute atomic E-state index is 0.160. The summed E-state index contributed by atoms with van der Waals surface area (Å²) in [5, 5.41) is 10.5. The molecule has 7 heteroatoms. The SMILES string of the molecule is COc1ccc(COCC[C@@H](O)[C@H](C)C(=O)N2C(=O)OC[C@@H]2Cc2ccccc2)cc1. The lowest BCUT2D eigenvalue weighted by molar-refractivity contribution is -0.136. The highest BCUT2D eigenvalue weighted by Crippen LogP contribution is 2.22. The van der Waals surface area contributed by atoms with Crippen molar-refractivity contribution < 1.29 is 28.9 Å². The van der Waals surface area contributed by atoms with Crippen molar-refractivity contribution in [1.29, 1.82) is 0 Å². The number of rotatable bonds is 10. The van der Waals surface area contributed by atoms with Gasteiger partial charge in [0.25, 0.3) is 0 Å². The molecule has 1 fully saturated rings. The van der Waals surface area contributed by atoms with Crippen LogP contribution in [0.2, 0.25) is 0 Å². The summed E-state index contributed by atoms with van der Waals surface area (Å²) in [5.74, 6) is -0.392. The van der Waals surface area contributed by atoms with Gasteiger partial charge in [-0.3, -0.25) is 4.79 Å². The van der Waals surface area contributed by atoms with E-state index in [0.717, 1.165) is 21.8 Å². The lowest BCUT2D eigenvalue weighted by Crippen LogP contribution is -2.45. The van der Waals surface area contributed by atoms with E-state index in [9.17, 15) is 14.7 Å². The molecule has 31 heavy (non-hydrogen) atoms. The lowest BCUT2D eigenvalue weighted by Gasteiger charge is -2.25. The van der Waals surface area contributed by atoms with E-state index in [4.69, 9.17) is 14.2 Å². The van der Waals surface area contributed by atoms with Gasteiger partial charge in [-0.05, 0) is 36.1 Å². The number of methoxy groups -OCH3 is 1. The van der Waals surface area contributed by atoms with E-state index in [-0.39, 0.29) is 19.1 Å². The fourth-order valence-corrected chi connectivity index (χ4v) is 3.52. The molecule has 3 rings (SSSR count). The van der Waals surface area contributed by atoms with Crippen LogP contribution in [0.25, 0.3) is 0 Å². The molecule has 1 heterocycles. The Balaban J connectivity index is 1.48. The first-order valence-corrected chi connectivity index (χ1v) is 10.4. The number of aliphatic hydroxyl groups excluding tert-OH is 1. The first-order valence-electron chi connectivity index (χ1n) is 10.4. The van der Waals surface area contributed by atoms with Crippen molar-refractivity contribution in [2.75, 3.05) is 20.3 Å². The van der Waals surface area contributed by atoms with Crippen LogP contribution in [0.5, 0.6) is 5.75 Å². The number of carbonyl (C=O) groups excluding carboxylic acids is 2. The first kappa shape index (κ1) is 22.8. The van der Waals surface area contributed by atoms with Crippen LogP contribution in [0, 0.1) is 5.92 Å². The summed E-state index contributed by atoms with van der Waals surface area (Å²) in [4.78, 5) is 26.3. The van der Waals surface area contributed by atoms with E-state index >= 15 is 0 Å². The molecule has 1 aliphatic rings. The number of ether oxygens (including phenoxy) is 3. The van der Waals surface area contributed by atoms with Gasteiger partial charge in [-0.1, -0.05) is 49.4 Å². The van der Waals surface area contributed by atoms with Crippen LogP contribution >= 0.6 is 0 Å². The number of cyclic esters (lactones) is 1. The smallest absolute Gasteiger partial charge is 0.416 e. The summed E-state index contributed by atoms with van der Waals surface area (Å²) in [7, 11) is 1.61. The molecule has 1 N–H and O–H groups in total. The third kappa shape index (κ3) is 6.06. The van der Waals surface area contributed by atoms with Gasteiger partial charge in [0.1, 0.15) is 12.4 Å². The Labute approximate surface area is 182 Å². The monoisotopic (exact) mass is 427 g/mol. The zero-order valence-electron chi connectivity index (χ0n) is 17.9. The standard InChI is InChI=1S/C24H29NO6/c1-17(22(26)12-13-30-15-19-8-10-21(29-2)11-9-19)23(27)25-20(16-31-24(25)28)14-18-6-4-3-5-7-18/h3-11,17,20,22,26H,12-16H2,1-2H3/t17-,20-,22+/m0/s1. The van der Waals surface area contributed by atoms with Gasteiger partial charge in [0, 0.05) is 6.61 Å². The number of carbonyl (C=O) groups is 2. The van der Waals surface area contributed by atoms with Gasteiger partial charge >= 0.3 is 6.09 Å². The van der Waals surface area contributed by atoms with E-state index in [1.54, 1.807) is 14.0 Å². The molecule has 0 saturated carbocycles. The van der Waals surface area contributed by atoms with Crippen LogP contribution in [-0.4, -0.2) is 54.5 Å². The Morgan fingerprint density at radius 1 is 1.16 bits per heavy atom. The lowest BCUT2D eigenvalue weighted by atomic mass is 9.99. The summed E-state index contributed by atoms with van der Waals surface area (Å²) in [6.45, 7) is 2.48. The predicted molar refractivity (Wildman–Crippen MR) is 115 cm³/mol. The van der Waals surface area contributed by atoms with Crippen molar-refractivity contribution in [3.05, 3.63) is 65.7 Å². The molecule has 0 aliphatic carbocycles.